The van der Waals surface area contributed by atoms with Gasteiger partial charge in [-0.25, -0.2) is 4.98 Å². The third kappa shape index (κ3) is 3.02. The molecule has 1 aliphatic heterocycles. The first-order valence-electron chi connectivity index (χ1n) is 7.27. The molecule has 8 heteroatoms. The molecule has 1 atom stereocenters. The number of thiazole rings is 1. The summed E-state index contributed by atoms with van der Waals surface area (Å²) in [4.78, 5) is 24.2. The normalized spacial score (nSPS) is 18.8. The first-order chi connectivity index (χ1) is 10.5. The minimum absolute atomic E-state index is 0.0118. The van der Waals surface area contributed by atoms with Crippen molar-refractivity contribution in [2.75, 3.05) is 18.5 Å². The van der Waals surface area contributed by atoms with Crippen LogP contribution in [0.3, 0.4) is 0 Å². The summed E-state index contributed by atoms with van der Waals surface area (Å²) in [6.45, 7) is 5.07. The van der Waals surface area contributed by atoms with Crippen LogP contribution in [0.15, 0.2) is 9.90 Å². The topological polar surface area (TPSA) is 75.4 Å². The lowest BCUT2D eigenvalue weighted by Crippen LogP contribution is -2.24. The minimum atomic E-state index is -0.0118. The zero-order chi connectivity index (χ0) is 15.7. The Labute approximate surface area is 132 Å². The molecule has 0 spiro atoms. The van der Waals surface area contributed by atoms with Gasteiger partial charge in [-0.2, -0.15) is 4.98 Å². The highest BCUT2D eigenvalue weighted by Crippen LogP contribution is 2.32. The quantitative estimate of drug-likeness (QED) is 0.859. The molecule has 0 bridgehead atoms. The lowest BCUT2D eigenvalue weighted by atomic mass is 10.2. The average molecular weight is 321 g/mol. The van der Waals surface area contributed by atoms with Crippen LogP contribution in [-0.4, -0.2) is 39.5 Å². The van der Waals surface area contributed by atoms with Gasteiger partial charge in [0, 0.05) is 32.8 Å². The van der Waals surface area contributed by atoms with E-state index in [4.69, 9.17) is 4.52 Å². The predicted molar refractivity (Wildman–Crippen MR) is 82.6 cm³/mol. The highest BCUT2D eigenvalue weighted by atomic mass is 32.1. The Kier molecular flexibility index (Phi) is 4.21. The standard InChI is InChI=1S/C14H19N5O2S/c1-9-15-13(17-21-9)12-5-4-6-19(12)7-11-8-22-14(16-11)18(3)10(2)20/h8,12H,4-7H2,1-3H3. The molecule has 0 aromatic carbocycles. The van der Waals surface area contributed by atoms with E-state index in [2.05, 4.69) is 20.0 Å². The number of aromatic nitrogens is 3. The minimum Gasteiger partial charge on any atom is -0.340 e. The summed E-state index contributed by atoms with van der Waals surface area (Å²) in [5.74, 6) is 1.34. The molecular weight excluding hydrogens is 302 g/mol. The zero-order valence-corrected chi connectivity index (χ0v) is 13.8. The number of likely N-dealkylation sites (tertiary alicyclic amines) is 1. The van der Waals surface area contributed by atoms with Crippen LogP contribution in [0.1, 0.15) is 43.2 Å². The first-order valence-corrected chi connectivity index (χ1v) is 8.15. The van der Waals surface area contributed by atoms with Crippen molar-refractivity contribution in [3.8, 4) is 0 Å². The fourth-order valence-electron chi connectivity index (χ4n) is 2.62. The molecule has 0 radical (unpaired) electrons. The van der Waals surface area contributed by atoms with Crippen molar-refractivity contribution in [3.63, 3.8) is 0 Å². The Bertz CT molecular complexity index is 668. The Morgan fingerprint density at radius 2 is 2.36 bits per heavy atom. The predicted octanol–water partition coefficient (Wildman–Crippen LogP) is 2.15. The molecular formula is C14H19N5O2S. The van der Waals surface area contributed by atoms with Gasteiger partial charge in [0.2, 0.25) is 11.8 Å². The van der Waals surface area contributed by atoms with Crippen LogP contribution in [0.25, 0.3) is 0 Å². The molecule has 118 valence electrons. The smallest absolute Gasteiger partial charge is 0.225 e. The molecule has 3 heterocycles. The van der Waals surface area contributed by atoms with Gasteiger partial charge in [0.1, 0.15) is 0 Å². The van der Waals surface area contributed by atoms with E-state index < -0.39 is 0 Å². The number of nitrogens with zero attached hydrogens (tertiary/aromatic N) is 5. The second-order valence-electron chi connectivity index (χ2n) is 5.50. The summed E-state index contributed by atoms with van der Waals surface area (Å²) in [6, 6.07) is 0.188. The lowest BCUT2D eigenvalue weighted by Gasteiger charge is -2.20. The molecule has 1 saturated heterocycles. The van der Waals surface area contributed by atoms with Crippen molar-refractivity contribution >= 4 is 22.4 Å². The maximum absolute atomic E-state index is 11.4. The van der Waals surface area contributed by atoms with E-state index in [0.29, 0.717) is 5.89 Å². The zero-order valence-electron chi connectivity index (χ0n) is 12.9. The number of hydrogen-bond acceptors (Lipinski definition) is 7. The van der Waals surface area contributed by atoms with Crippen molar-refractivity contribution in [1.82, 2.24) is 20.0 Å². The van der Waals surface area contributed by atoms with Crippen molar-refractivity contribution < 1.29 is 9.32 Å². The van der Waals surface area contributed by atoms with Crippen LogP contribution in [0.2, 0.25) is 0 Å². The van der Waals surface area contributed by atoms with Gasteiger partial charge < -0.3 is 4.52 Å². The summed E-state index contributed by atoms with van der Waals surface area (Å²) in [6.07, 6.45) is 2.14. The number of aryl methyl sites for hydroxylation is 1. The Morgan fingerprint density at radius 3 is 3.05 bits per heavy atom. The first kappa shape index (κ1) is 15.1. The molecule has 1 unspecified atom stereocenters. The Hall–Kier alpha value is -1.80. The number of amides is 1. The van der Waals surface area contributed by atoms with Gasteiger partial charge in [-0.05, 0) is 19.4 Å². The lowest BCUT2D eigenvalue weighted by molar-refractivity contribution is -0.116. The summed E-state index contributed by atoms with van der Waals surface area (Å²) in [7, 11) is 1.74. The van der Waals surface area contributed by atoms with Crippen LogP contribution in [0, 0.1) is 6.92 Å². The number of rotatable bonds is 4. The molecule has 0 N–H and O–H groups in total. The summed E-state index contributed by atoms with van der Waals surface area (Å²) in [5, 5.41) is 6.78. The number of hydrogen-bond donors (Lipinski definition) is 0. The van der Waals surface area contributed by atoms with Gasteiger partial charge in [0.05, 0.1) is 11.7 Å². The molecule has 0 saturated carbocycles. The van der Waals surface area contributed by atoms with Crippen molar-refractivity contribution in [1.29, 1.82) is 0 Å². The molecule has 1 aliphatic rings. The molecule has 22 heavy (non-hydrogen) atoms. The van der Waals surface area contributed by atoms with E-state index >= 15 is 0 Å². The van der Waals surface area contributed by atoms with Gasteiger partial charge in [-0.3, -0.25) is 14.6 Å². The van der Waals surface area contributed by atoms with E-state index in [1.807, 2.05) is 5.38 Å². The monoisotopic (exact) mass is 321 g/mol. The molecule has 1 fully saturated rings. The second-order valence-corrected chi connectivity index (χ2v) is 6.34. The molecule has 0 aliphatic carbocycles. The van der Waals surface area contributed by atoms with Gasteiger partial charge >= 0.3 is 0 Å². The number of carbonyl (C=O) groups excluding carboxylic acids is 1. The van der Waals surface area contributed by atoms with Crippen LogP contribution in [0.4, 0.5) is 5.13 Å². The van der Waals surface area contributed by atoms with E-state index in [1.165, 1.54) is 18.3 Å². The highest BCUT2D eigenvalue weighted by molar-refractivity contribution is 7.14. The van der Waals surface area contributed by atoms with Crippen LogP contribution >= 0.6 is 11.3 Å². The summed E-state index contributed by atoms with van der Waals surface area (Å²) < 4.78 is 5.09. The maximum Gasteiger partial charge on any atom is 0.225 e. The third-order valence-corrected chi connectivity index (χ3v) is 4.83. The SMILES string of the molecule is CC(=O)N(C)c1nc(CN2CCCC2c2noc(C)n2)cs1. The number of anilines is 1. The van der Waals surface area contributed by atoms with E-state index in [0.717, 1.165) is 42.6 Å². The van der Waals surface area contributed by atoms with E-state index in [-0.39, 0.29) is 11.9 Å². The van der Waals surface area contributed by atoms with Crippen LogP contribution in [-0.2, 0) is 11.3 Å². The molecule has 1 amide bonds. The largest absolute Gasteiger partial charge is 0.340 e. The highest BCUT2D eigenvalue weighted by Gasteiger charge is 2.30. The van der Waals surface area contributed by atoms with Crippen LogP contribution in [0.5, 0.6) is 0 Å². The van der Waals surface area contributed by atoms with Crippen LogP contribution < -0.4 is 4.90 Å². The molecule has 7 nitrogen and oxygen atoms in total. The fourth-order valence-corrected chi connectivity index (χ4v) is 3.45. The van der Waals surface area contributed by atoms with Crippen molar-refractivity contribution in [3.05, 3.63) is 22.8 Å². The van der Waals surface area contributed by atoms with Crippen molar-refractivity contribution in [2.24, 2.45) is 0 Å². The molecule has 2 aromatic heterocycles. The van der Waals surface area contributed by atoms with Gasteiger partial charge in [-0.15, -0.1) is 11.3 Å². The summed E-state index contributed by atoms with van der Waals surface area (Å²) >= 11 is 1.49. The summed E-state index contributed by atoms with van der Waals surface area (Å²) in [5.41, 5.74) is 0.972. The Balaban J connectivity index is 1.71. The van der Waals surface area contributed by atoms with E-state index in [9.17, 15) is 4.79 Å². The van der Waals surface area contributed by atoms with Gasteiger partial charge in [0.25, 0.3) is 0 Å². The maximum atomic E-state index is 11.4. The molecule has 2 aromatic rings. The molecule has 3 rings (SSSR count). The second kappa shape index (κ2) is 6.13. The van der Waals surface area contributed by atoms with Crippen molar-refractivity contribution in [2.45, 2.75) is 39.3 Å². The Morgan fingerprint density at radius 1 is 1.55 bits per heavy atom. The number of carbonyl (C=O) groups is 1. The third-order valence-electron chi connectivity index (χ3n) is 3.87. The van der Waals surface area contributed by atoms with Gasteiger partial charge in [0.15, 0.2) is 11.0 Å². The van der Waals surface area contributed by atoms with Gasteiger partial charge in [-0.1, -0.05) is 5.16 Å². The fraction of sp³-hybridized carbons (Fsp3) is 0.571. The van der Waals surface area contributed by atoms with E-state index in [1.54, 1.807) is 18.9 Å². The average Bonchev–Trinajstić information content (AvgIpc) is 3.19.